The summed E-state index contributed by atoms with van der Waals surface area (Å²) in [5.41, 5.74) is 0.487. The molecule has 0 radical (unpaired) electrons. The van der Waals surface area contributed by atoms with Crippen LogP contribution in [0.3, 0.4) is 0 Å². The number of halogens is 1. The molecule has 0 bridgehead atoms. The van der Waals surface area contributed by atoms with Crippen LogP contribution in [0.5, 0.6) is 0 Å². The molecule has 2 fully saturated rings. The lowest BCUT2D eigenvalue weighted by atomic mass is 9.96. The molecule has 1 aliphatic heterocycles. The lowest BCUT2D eigenvalue weighted by Crippen LogP contribution is -2.33. The van der Waals surface area contributed by atoms with Crippen molar-refractivity contribution in [3.63, 3.8) is 0 Å². The average molecular weight is 336 g/mol. The summed E-state index contributed by atoms with van der Waals surface area (Å²) in [5, 5.41) is 14.5. The summed E-state index contributed by atoms with van der Waals surface area (Å²) >= 11 is 7.24. The van der Waals surface area contributed by atoms with Crippen LogP contribution in [-0.2, 0) is 0 Å². The molecule has 0 N–H and O–H groups in total. The largest absolute Gasteiger partial charge is 0.361 e. The number of aromatic nitrogens is 3. The van der Waals surface area contributed by atoms with Crippen molar-refractivity contribution in [3.05, 3.63) is 22.4 Å². The summed E-state index contributed by atoms with van der Waals surface area (Å²) in [5.74, 6) is 2.48. The normalized spacial score (nSPS) is 19.4. The maximum atomic E-state index is 9.18. The molecule has 1 saturated heterocycles. The molecule has 2 aliphatic rings. The molecule has 0 unspecified atom stereocenters. The number of rotatable bonds is 3. The lowest BCUT2D eigenvalue weighted by Gasteiger charge is -2.31. The first-order valence-corrected chi connectivity index (χ1v) is 8.55. The van der Waals surface area contributed by atoms with Gasteiger partial charge in [-0.3, -0.25) is 0 Å². The van der Waals surface area contributed by atoms with Gasteiger partial charge in [0.15, 0.2) is 11.0 Å². The minimum atomic E-state index is 0.303. The zero-order chi connectivity index (χ0) is 15.1. The fourth-order valence-electron chi connectivity index (χ4n) is 2.82. The van der Waals surface area contributed by atoms with Crippen LogP contribution in [0.25, 0.3) is 0 Å². The third kappa shape index (κ3) is 2.46. The molecule has 4 rings (SSSR count). The first kappa shape index (κ1) is 14.0. The van der Waals surface area contributed by atoms with Crippen molar-refractivity contribution in [2.45, 2.75) is 37.5 Å². The molecule has 1 aliphatic carbocycles. The topological polar surface area (TPSA) is 78.8 Å². The van der Waals surface area contributed by atoms with Crippen molar-refractivity contribution in [1.29, 1.82) is 5.26 Å². The van der Waals surface area contributed by atoms with Gasteiger partial charge in [0, 0.05) is 24.9 Å². The van der Waals surface area contributed by atoms with Crippen LogP contribution in [0.1, 0.15) is 54.8 Å². The Bertz CT molecular complexity index is 724. The van der Waals surface area contributed by atoms with Crippen LogP contribution >= 0.6 is 23.1 Å². The van der Waals surface area contributed by atoms with Crippen molar-refractivity contribution >= 4 is 28.1 Å². The Hall–Kier alpha value is -1.65. The predicted molar refractivity (Wildman–Crippen MR) is 82.3 cm³/mol. The van der Waals surface area contributed by atoms with Crippen LogP contribution in [0.4, 0.5) is 5.00 Å². The second kappa shape index (κ2) is 5.52. The Labute approximate surface area is 136 Å². The van der Waals surface area contributed by atoms with Gasteiger partial charge in [0.2, 0.25) is 5.89 Å². The summed E-state index contributed by atoms with van der Waals surface area (Å²) in [6, 6.07) is 2.14. The highest BCUT2D eigenvalue weighted by atomic mass is 35.5. The van der Waals surface area contributed by atoms with E-state index in [0.717, 1.165) is 42.6 Å². The highest BCUT2D eigenvalue weighted by molar-refractivity contribution is 7.10. The van der Waals surface area contributed by atoms with Crippen LogP contribution < -0.4 is 4.90 Å². The Kier molecular flexibility index (Phi) is 3.51. The van der Waals surface area contributed by atoms with Gasteiger partial charge in [-0.25, -0.2) is 0 Å². The number of hydrogen-bond donors (Lipinski definition) is 0. The van der Waals surface area contributed by atoms with E-state index in [2.05, 4.69) is 25.5 Å². The maximum absolute atomic E-state index is 9.18. The zero-order valence-corrected chi connectivity index (χ0v) is 13.4. The van der Waals surface area contributed by atoms with Gasteiger partial charge in [-0.1, -0.05) is 16.8 Å². The Morgan fingerprint density at radius 2 is 2.00 bits per heavy atom. The van der Waals surface area contributed by atoms with Crippen LogP contribution in [0.15, 0.2) is 4.52 Å². The lowest BCUT2D eigenvalue weighted by molar-refractivity contribution is 0.365. The van der Waals surface area contributed by atoms with E-state index in [1.165, 1.54) is 24.4 Å². The van der Waals surface area contributed by atoms with Crippen molar-refractivity contribution < 1.29 is 4.52 Å². The molecule has 6 nitrogen and oxygen atoms in total. The van der Waals surface area contributed by atoms with Crippen molar-refractivity contribution in [3.8, 4) is 6.07 Å². The molecule has 2 aromatic rings. The average Bonchev–Trinajstić information content (AvgIpc) is 3.16. The van der Waals surface area contributed by atoms with E-state index < -0.39 is 0 Å². The fourth-order valence-corrected chi connectivity index (χ4v) is 3.90. The van der Waals surface area contributed by atoms with Gasteiger partial charge >= 0.3 is 0 Å². The molecule has 0 spiro atoms. The second-order valence-electron chi connectivity index (χ2n) is 5.79. The fraction of sp³-hybridized carbons (Fsp3) is 0.571. The molecular formula is C14H14ClN5OS. The Morgan fingerprint density at radius 1 is 1.23 bits per heavy atom. The molecule has 1 saturated carbocycles. The van der Waals surface area contributed by atoms with E-state index in [1.54, 1.807) is 0 Å². The molecule has 2 aromatic heterocycles. The van der Waals surface area contributed by atoms with Crippen molar-refractivity contribution in [2.24, 2.45) is 0 Å². The van der Waals surface area contributed by atoms with Gasteiger partial charge in [-0.15, -0.1) is 0 Å². The van der Waals surface area contributed by atoms with Gasteiger partial charge in [-0.2, -0.15) is 14.6 Å². The van der Waals surface area contributed by atoms with E-state index >= 15 is 0 Å². The van der Waals surface area contributed by atoms with Crippen molar-refractivity contribution in [1.82, 2.24) is 14.5 Å². The third-order valence-electron chi connectivity index (χ3n) is 4.28. The SMILES string of the molecule is N#Cc1c(Cl)nsc1N1CCC(c2noc(C3CC3)n2)CC1. The second-order valence-corrected chi connectivity index (χ2v) is 6.90. The minimum absolute atomic E-state index is 0.303. The molecule has 114 valence electrons. The molecule has 0 amide bonds. The molecule has 3 heterocycles. The van der Waals surface area contributed by atoms with E-state index in [-0.39, 0.29) is 0 Å². The van der Waals surface area contributed by atoms with Crippen LogP contribution in [0.2, 0.25) is 5.15 Å². The van der Waals surface area contributed by atoms with E-state index in [0.29, 0.717) is 22.6 Å². The quantitative estimate of drug-likeness (QED) is 0.856. The van der Waals surface area contributed by atoms with Crippen LogP contribution in [-0.4, -0.2) is 27.6 Å². The smallest absolute Gasteiger partial charge is 0.229 e. The number of anilines is 1. The zero-order valence-electron chi connectivity index (χ0n) is 11.8. The molecular weight excluding hydrogens is 322 g/mol. The maximum Gasteiger partial charge on any atom is 0.229 e. The first-order valence-electron chi connectivity index (χ1n) is 7.40. The van der Waals surface area contributed by atoms with E-state index in [9.17, 15) is 5.26 Å². The highest BCUT2D eigenvalue weighted by Gasteiger charge is 2.32. The summed E-state index contributed by atoms with van der Waals surface area (Å²) in [7, 11) is 0. The molecule has 0 atom stereocenters. The van der Waals surface area contributed by atoms with Crippen LogP contribution in [0, 0.1) is 11.3 Å². The number of nitriles is 1. The summed E-state index contributed by atoms with van der Waals surface area (Å²) in [6.07, 6.45) is 4.24. The minimum Gasteiger partial charge on any atom is -0.361 e. The standard InChI is InChI=1S/C14H14ClN5OS/c15-11-10(7-16)14(22-19-11)20-5-3-8(4-6-20)12-17-13(21-18-12)9-1-2-9/h8-9H,1-6H2. The summed E-state index contributed by atoms with van der Waals surface area (Å²) < 4.78 is 9.42. The Morgan fingerprint density at radius 3 is 2.68 bits per heavy atom. The number of piperidine rings is 1. The number of nitrogens with zero attached hydrogens (tertiary/aromatic N) is 5. The first-order chi connectivity index (χ1) is 10.8. The van der Waals surface area contributed by atoms with Gasteiger partial charge in [-0.05, 0) is 37.2 Å². The van der Waals surface area contributed by atoms with Gasteiger partial charge in [0.25, 0.3) is 0 Å². The van der Waals surface area contributed by atoms with Gasteiger partial charge in [0.05, 0.1) is 0 Å². The summed E-state index contributed by atoms with van der Waals surface area (Å²) in [4.78, 5) is 6.73. The summed E-state index contributed by atoms with van der Waals surface area (Å²) in [6.45, 7) is 1.70. The molecule has 22 heavy (non-hydrogen) atoms. The van der Waals surface area contributed by atoms with Gasteiger partial charge < -0.3 is 9.42 Å². The van der Waals surface area contributed by atoms with Gasteiger partial charge in [0.1, 0.15) is 16.6 Å². The van der Waals surface area contributed by atoms with Crippen molar-refractivity contribution in [2.75, 3.05) is 18.0 Å². The molecule has 0 aromatic carbocycles. The monoisotopic (exact) mass is 335 g/mol. The highest BCUT2D eigenvalue weighted by Crippen LogP contribution is 2.40. The van der Waals surface area contributed by atoms with E-state index in [4.69, 9.17) is 16.1 Å². The number of hydrogen-bond acceptors (Lipinski definition) is 7. The predicted octanol–water partition coefficient (Wildman–Crippen LogP) is 3.31. The Balaban J connectivity index is 1.44. The molecule has 8 heteroatoms. The third-order valence-corrected chi connectivity index (χ3v) is 5.56. The van der Waals surface area contributed by atoms with E-state index in [1.807, 2.05) is 0 Å².